The van der Waals surface area contributed by atoms with E-state index in [9.17, 15) is 0 Å². The van der Waals surface area contributed by atoms with E-state index < -0.39 is 0 Å². The Bertz CT molecular complexity index is 2260. The van der Waals surface area contributed by atoms with Crippen molar-refractivity contribution in [3.8, 4) is 45.0 Å². The van der Waals surface area contributed by atoms with Crippen LogP contribution >= 0.6 is 11.6 Å². The zero-order chi connectivity index (χ0) is 28.0. The lowest BCUT2D eigenvalue weighted by molar-refractivity contribution is 0.673. The van der Waals surface area contributed by atoms with Gasteiger partial charge in [0.2, 0.25) is 5.28 Å². The monoisotopic (exact) mass is 559 g/mol. The van der Waals surface area contributed by atoms with Crippen molar-refractivity contribution >= 4 is 44.3 Å². The van der Waals surface area contributed by atoms with Crippen LogP contribution in [0.1, 0.15) is 0 Å². The first-order chi connectivity index (χ1) is 20.7. The number of nitrogens with zero attached hydrogens (tertiary/aromatic N) is 3. The summed E-state index contributed by atoms with van der Waals surface area (Å²) in [6.07, 6.45) is 0. The first kappa shape index (κ1) is 24.5. The lowest BCUT2D eigenvalue weighted by atomic mass is 9.94. The molecule has 8 rings (SSSR count). The predicted octanol–water partition coefficient (Wildman–Crippen LogP) is 10.2. The fraction of sp³-hybridized carbons (Fsp3) is 0. The zero-order valence-corrected chi connectivity index (χ0v) is 23.1. The average molecular weight is 560 g/mol. The van der Waals surface area contributed by atoms with Gasteiger partial charge in [0.15, 0.2) is 11.6 Å². The van der Waals surface area contributed by atoms with E-state index in [2.05, 4.69) is 70.6 Å². The van der Waals surface area contributed by atoms with Gasteiger partial charge in [-0.15, -0.1) is 0 Å². The normalized spacial score (nSPS) is 11.5. The Hall–Kier alpha value is -5.32. The van der Waals surface area contributed by atoms with Crippen molar-refractivity contribution in [2.45, 2.75) is 0 Å². The molecule has 2 heterocycles. The van der Waals surface area contributed by atoms with Crippen LogP contribution in [0.2, 0.25) is 5.28 Å². The van der Waals surface area contributed by atoms with Crippen LogP contribution in [0.5, 0.6) is 0 Å². The Kier molecular flexibility index (Phi) is 5.80. The third kappa shape index (κ3) is 4.12. The average Bonchev–Trinajstić information content (AvgIpc) is 3.45. The van der Waals surface area contributed by atoms with Crippen molar-refractivity contribution in [3.05, 3.63) is 139 Å². The number of aromatic nitrogens is 3. The van der Waals surface area contributed by atoms with Gasteiger partial charge in [-0.3, -0.25) is 0 Å². The molecule has 0 aliphatic rings. The molecule has 0 aliphatic heterocycles. The van der Waals surface area contributed by atoms with Gasteiger partial charge in [-0.05, 0) is 51.4 Å². The van der Waals surface area contributed by atoms with E-state index in [1.807, 2.05) is 72.8 Å². The van der Waals surface area contributed by atoms with Gasteiger partial charge in [0.1, 0.15) is 11.2 Å². The van der Waals surface area contributed by atoms with E-state index in [1.165, 1.54) is 0 Å². The number of furan rings is 1. The Balaban J connectivity index is 1.27. The molecule has 2 aromatic heterocycles. The van der Waals surface area contributed by atoms with E-state index in [0.717, 1.165) is 66.1 Å². The Morgan fingerprint density at radius 1 is 0.452 bits per heavy atom. The highest BCUT2D eigenvalue weighted by atomic mass is 35.5. The van der Waals surface area contributed by atoms with Crippen molar-refractivity contribution in [2.24, 2.45) is 0 Å². The maximum Gasteiger partial charge on any atom is 0.226 e. The molecule has 198 valence electrons. The van der Waals surface area contributed by atoms with Gasteiger partial charge < -0.3 is 4.42 Å². The topological polar surface area (TPSA) is 51.8 Å². The van der Waals surface area contributed by atoms with Gasteiger partial charge in [0.05, 0.1) is 0 Å². The number of rotatable bonds is 4. The second-order valence-corrected chi connectivity index (χ2v) is 10.5. The second kappa shape index (κ2) is 9.95. The van der Waals surface area contributed by atoms with Crippen molar-refractivity contribution in [1.29, 1.82) is 0 Å². The fourth-order valence-corrected chi connectivity index (χ4v) is 5.89. The minimum atomic E-state index is 0.148. The molecule has 42 heavy (non-hydrogen) atoms. The van der Waals surface area contributed by atoms with E-state index in [4.69, 9.17) is 21.0 Å². The molecule has 0 amide bonds. The van der Waals surface area contributed by atoms with Crippen LogP contribution < -0.4 is 0 Å². The number of hydrogen-bond acceptors (Lipinski definition) is 4. The molecule has 5 heteroatoms. The van der Waals surface area contributed by atoms with Gasteiger partial charge in [-0.2, -0.15) is 9.97 Å². The molecule has 0 radical (unpaired) electrons. The number of hydrogen-bond donors (Lipinski definition) is 0. The second-order valence-electron chi connectivity index (χ2n) is 10.2. The first-order valence-electron chi connectivity index (χ1n) is 13.7. The summed E-state index contributed by atoms with van der Waals surface area (Å²) in [6.45, 7) is 0. The highest BCUT2D eigenvalue weighted by Gasteiger charge is 2.19. The zero-order valence-electron chi connectivity index (χ0n) is 22.3. The van der Waals surface area contributed by atoms with E-state index >= 15 is 0 Å². The molecule has 0 saturated heterocycles. The van der Waals surface area contributed by atoms with Gasteiger partial charge >= 0.3 is 0 Å². The van der Waals surface area contributed by atoms with Crippen LogP contribution in [0.15, 0.2) is 138 Å². The van der Waals surface area contributed by atoms with E-state index in [0.29, 0.717) is 11.6 Å². The van der Waals surface area contributed by atoms with Gasteiger partial charge in [0, 0.05) is 27.3 Å². The summed E-state index contributed by atoms with van der Waals surface area (Å²) in [4.78, 5) is 13.9. The molecular weight excluding hydrogens is 538 g/mol. The van der Waals surface area contributed by atoms with Crippen LogP contribution in [-0.2, 0) is 0 Å². The minimum absolute atomic E-state index is 0.148. The summed E-state index contributed by atoms with van der Waals surface area (Å²) < 4.78 is 6.45. The fourth-order valence-electron chi connectivity index (χ4n) is 5.73. The third-order valence-corrected chi connectivity index (χ3v) is 7.87. The molecule has 8 aromatic rings. The molecule has 6 aromatic carbocycles. The van der Waals surface area contributed by atoms with Crippen molar-refractivity contribution in [3.63, 3.8) is 0 Å². The molecule has 0 spiro atoms. The van der Waals surface area contributed by atoms with Crippen LogP contribution in [0.4, 0.5) is 0 Å². The Morgan fingerprint density at radius 2 is 1.12 bits per heavy atom. The summed E-state index contributed by atoms with van der Waals surface area (Å²) in [5.74, 6) is 1.04. The largest absolute Gasteiger partial charge is 0.455 e. The molecule has 0 saturated carbocycles. The van der Waals surface area contributed by atoms with Crippen molar-refractivity contribution in [1.82, 2.24) is 15.0 Å². The predicted molar refractivity (Wildman–Crippen MR) is 171 cm³/mol. The van der Waals surface area contributed by atoms with Crippen molar-refractivity contribution in [2.75, 3.05) is 0 Å². The third-order valence-electron chi connectivity index (χ3n) is 7.70. The summed E-state index contributed by atoms with van der Waals surface area (Å²) >= 11 is 6.51. The van der Waals surface area contributed by atoms with Crippen LogP contribution in [0, 0.1) is 0 Å². The summed E-state index contributed by atoms with van der Waals surface area (Å²) in [7, 11) is 0. The lowest BCUT2D eigenvalue weighted by Crippen LogP contribution is -1.98. The van der Waals surface area contributed by atoms with Gasteiger partial charge in [-0.1, -0.05) is 121 Å². The SMILES string of the molecule is Clc1nc(-c2ccc(-c3ccccc3)cc2)nc(-c2ccccc2-c2cccc3oc4c5ccccc5ccc4c23)n1. The minimum Gasteiger partial charge on any atom is -0.455 e. The Labute approximate surface area is 246 Å². The number of halogens is 1. The molecular formula is C37H22ClN3O. The molecule has 0 bridgehead atoms. The van der Waals surface area contributed by atoms with E-state index in [-0.39, 0.29) is 5.28 Å². The number of fused-ring (bicyclic) bond motifs is 5. The summed E-state index contributed by atoms with van der Waals surface area (Å²) in [5.41, 5.74) is 7.77. The quantitative estimate of drug-likeness (QED) is 0.215. The molecule has 0 aliphatic carbocycles. The molecule has 0 fully saturated rings. The number of benzene rings is 6. The molecule has 0 N–H and O–H groups in total. The maximum atomic E-state index is 6.51. The Morgan fingerprint density at radius 3 is 1.98 bits per heavy atom. The molecule has 4 nitrogen and oxygen atoms in total. The van der Waals surface area contributed by atoms with E-state index in [1.54, 1.807) is 0 Å². The molecule has 0 atom stereocenters. The smallest absolute Gasteiger partial charge is 0.226 e. The highest BCUT2D eigenvalue weighted by molar-refractivity contribution is 6.28. The van der Waals surface area contributed by atoms with Gasteiger partial charge in [-0.25, -0.2) is 4.98 Å². The molecule has 0 unspecified atom stereocenters. The van der Waals surface area contributed by atoms with Crippen LogP contribution in [-0.4, -0.2) is 15.0 Å². The first-order valence-corrected chi connectivity index (χ1v) is 14.1. The lowest BCUT2D eigenvalue weighted by Gasteiger charge is -2.11. The van der Waals surface area contributed by atoms with Crippen LogP contribution in [0.3, 0.4) is 0 Å². The highest BCUT2D eigenvalue weighted by Crippen LogP contribution is 2.42. The summed E-state index contributed by atoms with van der Waals surface area (Å²) in [6, 6.07) is 45.4. The maximum absolute atomic E-state index is 6.51. The standard InChI is InChI=1S/C37H22ClN3O/c38-37-40-35(26-19-17-24(18-20-26)23-9-2-1-3-10-23)39-36(41-37)30-14-7-6-13-28(30)29-15-8-16-32-33(29)31-22-21-25-11-4-5-12-27(25)34(31)42-32/h1-22H. The van der Waals surface area contributed by atoms with Gasteiger partial charge in [0.25, 0.3) is 0 Å². The van der Waals surface area contributed by atoms with Crippen molar-refractivity contribution < 1.29 is 4.42 Å². The summed E-state index contributed by atoms with van der Waals surface area (Å²) in [5, 5.41) is 4.52. The van der Waals surface area contributed by atoms with Crippen LogP contribution in [0.25, 0.3) is 77.7 Å².